The summed E-state index contributed by atoms with van der Waals surface area (Å²) < 4.78 is 1.53. The molecule has 1 saturated heterocycles. The molecule has 0 radical (unpaired) electrons. The van der Waals surface area contributed by atoms with Crippen molar-refractivity contribution in [2.75, 3.05) is 13.1 Å². The molecule has 1 aromatic carbocycles. The van der Waals surface area contributed by atoms with Crippen molar-refractivity contribution in [2.24, 2.45) is 0 Å². The molecule has 1 N–H and O–H groups in total. The van der Waals surface area contributed by atoms with Crippen molar-refractivity contribution in [3.05, 3.63) is 53.9 Å². The number of aromatic nitrogens is 2. The molecule has 136 valence electrons. The number of carbonyl (C=O) groups is 2. The van der Waals surface area contributed by atoms with Crippen LogP contribution < -0.4 is 0 Å². The molecular formula is C20H23N3O3. The first-order valence-electron chi connectivity index (χ1n) is 9.19. The van der Waals surface area contributed by atoms with Crippen LogP contribution in [-0.2, 0) is 21.5 Å². The van der Waals surface area contributed by atoms with E-state index in [4.69, 9.17) is 0 Å². The predicted octanol–water partition coefficient (Wildman–Crippen LogP) is 2.41. The highest BCUT2D eigenvalue weighted by Crippen LogP contribution is 2.36. The summed E-state index contributed by atoms with van der Waals surface area (Å²) in [6.45, 7) is 0.915. The Morgan fingerprint density at radius 1 is 1.19 bits per heavy atom. The highest BCUT2D eigenvalue weighted by atomic mass is 16.4. The van der Waals surface area contributed by atoms with Crippen LogP contribution in [0.5, 0.6) is 0 Å². The summed E-state index contributed by atoms with van der Waals surface area (Å²) in [7, 11) is 0. The van der Waals surface area contributed by atoms with Crippen LogP contribution in [0.1, 0.15) is 42.7 Å². The van der Waals surface area contributed by atoms with Gasteiger partial charge < -0.3 is 10.0 Å². The zero-order valence-corrected chi connectivity index (χ0v) is 14.7. The molecule has 2 heterocycles. The Morgan fingerprint density at radius 3 is 2.65 bits per heavy atom. The third-order valence-corrected chi connectivity index (χ3v) is 5.96. The predicted molar refractivity (Wildman–Crippen MR) is 95.8 cm³/mol. The van der Waals surface area contributed by atoms with E-state index in [0.717, 1.165) is 12.8 Å². The number of aliphatic carboxylic acids is 1. The van der Waals surface area contributed by atoms with Crippen molar-refractivity contribution in [3.8, 4) is 0 Å². The zero-order chi connectivity index (χ0) is 18.1. The van der Waals surface area contributed by atoms with Gasteiger partial charge in [-0.1, -0.05) is 24.3 Å². The number of aryl methyl sites for hydroxylation is 1. The molecule has 26 heavy (non-hydrogen) atoms. The van der Waals surface area contributed by atoms with Crippen LogP contribution in [0.15, 0.2) is 42.7 Å². The van der Waals surface area contributed by atoms with Gasteiger partial charge in [0.05, 0.1) is 0 Å². The van der Waals surface area contributed by atoms with E-state index >= 15 is 0 Å². The third kappa shape index (κ3) is 2.79. The van der Waals surface area contributed by atoms with E-state index in [1.807, 2.05) is 11.0 Å². The molecule has 6 heteroatoms. The van der Waals surface area contributed by atoms with Crippen molar-refractivity contribution in [1.82, 2.24) is 14.7 Å². The fourth-order valence-corrected chi connectivity index (χ4v) is 4.39. The molecule has 1 atom stereocenters. The highest BCUT2D eigenvalue weighted by Gasteiger charge is 2.44. The maximum absolute atomic E-state index is 12.8. The number of hydrogen-bond acceptors (Lipinski definition) is 3. The van der Waals surface area contributed by atoms with E-state index in [1.165, 1.54) is 15.8 Å². The van der Waals surface area contributed by atoms with Crippen LogP contribution in [-0.4, -0.2) is 44.8 Å². The monoisotopic (exact) mass is 353 g/mol. The summed E-state index contributed by atoms with van der Waals surface area (Å²) in [5.74, 6) is -0.458. The van der Waals surface area contributed by atoms with Gasteiger partial charge in [-0.3, -0.25) is 9.48 Å². The number of nitrogens with zero attached hydrogens (tertiary/aromatic N) is 3. The number of fused-ring (bicyclic) bond motifs is 1. The molecule has 0 saturated carbocycles. The first-order chi connectivity index (χ1) is 12.6. The lowest BCUT2D eigenvalue weighted by Crippen LogP contribution is -2.52. The third-order valence-electron chi connectivity index (χ3n) is 5.96. The molecule has 1 aliphatic heterocycles. The molecule has 0 unspecified atom stereocenters. The summed E-state index contributed by atoms with van der Waals surface area (Å²) in [4.78, 5) is 26.5. The smallest absolute Gasteiger partial charge is 0.331 e. The molecule has 1 aliphatic carbocycles. The molecule has 1 aromatic heterocycles. The number of benzene rings is 1. The summed E-state index contributed by atoms with van der Waals surface area (Å²) >= 11 is 0. The normalized spacial score (nSPS) is 21.4. The fraction of sp³-hybridized carbons (Fsp3) is 0.450. The molecule has 0 spiro atoms. The number of carboxylic acid groups (broad SMARTS) is 1. The van der Waals surface area contributed by atoms with Crippen LogP contribution >= 0.6 is 0 Å². The standard InChI is InChI=1S/C20H23N3O3/c24-18(14-16-7-6-15-4-1-2-5-17(15)16)22-12-8-20(9-13-22,19(25)26)23-11-3-10-21-23/h1-5,10-11,16H,6-9,12-14H2,(H,25,26)/t16-/m1/s1. The number of amides is 1. The number of carboxylic acids is 1. The Kier molecular flexibility index (Phi) is 4.26. The van der Waals surface area contributed by atoms with E-state index in [-0.39, 0.29) is 11.8 Å². The first-order valence-corrected chi connectivity index (χ1v) is 9.19. The average Bonchev–Trinajstić information content (AvgIpc) is 3.32. The Morgan fingerprint density at radius 2 is 1.96 bits per heavy atom. The molecule has 1 fully saturated rings. The second kappa shape index (κ2) is 6.59. The number of rotatable bonds is 4. The number of piperidine rings is 1. The van der Waals surface area contributed by atoms with Gasteiger partial charge in [0.1, 0.15) is 0 Å². The van der Waals surface area contributed by atoms with Gasteiger partial charge in [0, 0.05) is 44.7 Å². The summed E-state index contributed by atoms with van der Waals surface area (Å²) in [6.07, 6.45) is 6.63. The average molecular weight is 353 g/mol. The Labute approximate surface area is 152 Å². The van der Waals surface area contributed by atoms with Gasteiger partial charge in [-0.15, -0.1) is 0 Å². The molecule has 2 aromatic rings. The molecule has 6 nitrogen and oxygen atoms in total. The zero-order valence-electron chi connectivity index (χ0n) is 14.7. The van der Waals surface area contributed by atoms with Crippen LogP contribution in [0.3, 0.4) is 0 Å². The van der Waals surface area contributed by atoms with Gasteiger partial charge in [-0.05, 0) is 36.0 Å². The maximum Gasteiger partial charge on any atom is 0.331 e. The number of hydrogen-bond donors (Lipinski definition) is 1. The second-order valence-corrected chi connectivity index (χ2v) is 7.31. The fourth-order valence-electron chi connectivity index (χ4n) is 4.39. The van der Waals surface area contributed by atoms with E-state index in [1.54, 1.807) is 18.5 Å². The summed E-state index contributed by atoms with van der Waals surface area (Å²) in [6, 6.07) is 10.1. The number of carbonyl (C=O) groups excluding carboxylic acids is 1. The summed E-state index contributed by atoms with van der Waals surface area (Å²) in [5, 5.41) is 13.9. The molecule has 4 rings (SSSR count). The van der Waals surface area contributed by atoms with Gasteiger partial charge in [0.25, 0.3) is 0 Å². The van der Waals surface area contributed by atoms with Crippen LogP contribution in [0.25, 0.3) is 0 Å². The SMILES string of the molecule is O=C(C[C@H]1CCc2ccccc21)N1CCC(C(=O)O)(n2cccn2)CC1. The van der Waals surface area contributed by atoms with E-state index < -0.39 is 11.5 Å². The van der Waals surface area contributed by atoms with E-state index in [9.17, 15) is 14.7 Å². The lowest BCUT2D eigenvalue weighted by Gasteiger charge is -2.39. The van der Waals surface area contributed by atoms with Crippen molar-refractivity contribution in [1.29, 1.82) is 0 Å². The van der Waals surface area contributed by atoms with Gasteiger partial charge in [-0.2, -0.15) is 5.10 Å². The van der Waals surface area contributed by atoms with Gasteiger partial charge in [-0.25, -0.2) is 4.79 Å². The number of likely N-dealkylation sites (tertiary alicyclic amines) is 1. The van der Waals surface area contributed by atoms with Gasteiger partial charge in [0.2, 0.25) is 5.91 Å². The van der Waals surface area contributed by atoms with Crippen LogP contribution in [0.4, 0.5) is 0 Å². The van der Waals surface area contributed by atoms with Crippen LogP contribution in [0, 0.1) is 0 Å². The minimum Gasteiger partial charge on any atom is -0.479 e. The van der Waals surface area contributed by atoms with Gasteiger partial charge in [0.15, 0.2) is 5.54 Å². The molecule has 0 bridgehead atoms. The quantitative estimate of drug-likeness (QED) is 0.916. The van der Waals surface area contributed by atoms with Crippen molar-refractivity contribution in [3.63, 3.8) is 0 Å². The maximum atomic E-state index is 12.8. The van der Waals surface area contributed by atoms with Crippen molar-refractivity contribution in [2.45, 2.75) is 43.6 Å². The first kappa shape index (κ1) is 16.8. The van der Waals surface area contributed by atoms with E-state index in [2.05, 4.69) is 23.3 Å². The van der Waals surface area contributed by atoms with Crippen LogP contribution in [0.2, 0.25) is 0 Å². The minimum atomic E-state index is -1.04. The van der Waals surface area contributed by atoms with Crippen molar-refractivity contribution >= 4 is 11.9 Å². The Balaban J connectivity index is 1.42. The largest absolute Gasteiger partial charge is 0.479 e. The summed E-state index contributed by atoms with van der Waals surface area (Å²) in [5.41, 5.74) is 1.61. The lowest BCUT2D eigenvalue weighted by molar-refractivity contribution is -0.153. The second-order valence-electron chi connectivity index (χ2n) is 7.31. The Bertz CT molecular complexity index is 807. The topological polar surface area (TPSA) is 75.4 Å². The lowest BCUT2D eigenvalue weighted by atomic mass is 9.87. The van der Waals surface area contributed by atoms with Gasteiger partial charge >= 0.3 is 5.97 Å². The molecule has 1 amide bonds. The van der Waals surface area contributed by atoms with Crippen molar-refractivity contribution < 1.29 is 14.7 Å². The molecular weight excluding hydrogens is 330 g/mol. The van der Waals surface area contributed by atoms with E-state index in [0.29, 0.717) is 32.4 Å². The minimum absolute atomic E-state index is 0.131. The molecule has 2 aliphatic rings. The Hall–Kier alpha value is -2.63. The highest BCUT2D eigenvalue weighted by molar-refractivity contribution is 5.80.